The number of ether oxygens (including phenoxy) is 2. The molecule has 0 radical (unpaired) electrons. The van der Waals surface area contributed by atoms with E-state index < -0.39 is 37.2 Å². The van der Waals surface area contributed by atoms with E-state index in [1.807, 2.05) is 6.92 Å². The lowest BCUT2D eigenvalue weighted by Crippen LogP contribution is -2.49. The molecule has 10 heteroatoms. The van der Waals surface area contributed by atoms with Gasteiger partial charge in [-0.2, -0.15) is 0 Å². The van der Waals surface area contributed by atoms with Crippen LogP contribution in [0.25, 0.3) is 0 Å². The summed E-state index contributed by atoms with van der Waals surface area (Å²) in [7, 11) is -4.23. The molecule has 3 heterocycles. The molecule has 0 saturated carbocycles. The number of amides is 1. The molecule has 9 nitrogen and oxygen atoms in total. The van der Waals surface area contributed by atoms with E-state index in [9.17, 15) is 29.0 Å². The monoisotopic (exact) mass is 417 g/mol. The third-order valence-electron chi connectivity index (χ3n) is 6.19. The van der Waals surface area contributed by atoms with Crippen LogP contribution in [-0.2, 0) is 23.6 Å². The number of nitrogens with zero attached hydrogens (tertiary/aromatic N) is 1. The van der Waals surface area contributed by atoms with Crippen molar-refractivity contribution < 1.29 is 38.5 Å². The van der Waals surface area contributed by atoms with Gasteiger partial charge in [0, 0.05) is 5.92 Å². The van der Waals surface area contributed by atoms with Crippen LogP contribution in [0, 0.1) is 17.8 Å². The first kappa shape index (κ1) is 21.5. The van der Waals surface area contributed by atoms with Gasteiger partial charge in [-0.05, 0) is 25.7 Å². The zero-order valence-corrected chi connectivity index (χ0v) is 17.0. The number of fused-ring (bicyclic) bond motifs is 5. The Morgan fingerprint density at radius 1 is 1.46 bits per heavy atom. The summed E-state index contributed by atoms with van der Waals surface area (Å²) in [5, 5.41) is 10.9. The lowest BCUT2D eigenvalue weighted by Gasteiger charge is -2.39. The number of aliphatic hydroxyl groups is 1. The fourth-order valence-corrected chi connectivity index (χ4v) is 5.65. The Morgan fingerprint density at radius 2 is 2.14 bits per heavy atom. The van der Waals surface area contributed by atoms with Gasteiger partial charge < -0.3 is 29.3 Å². The van der Waals surface area contributed by atoms with Crippen molar-refractivity contribution in [3.8, 4) is 0 Å². The third kappa shape index (κ3) is 3.78. The number of aliphatic hydroxyl groups excluding tert-OH is 1. The molecule has 3 N–H and O–H groups in total. The van der Waals surface area contributed by atoms with E-state index in [0.29, 0.717) is 12.0 Å². The summed E-state index contributed by atoms with van der Waals surface area (Å²) >= 11 is 0. The molecule has 3 aliphatic rings. The Hall–Kier alpha value is -1.25. The van der Waals surface area contributed by atoms with Crippen LogP contribution in [-0.4, -0.2) is 68.9 Å². The number of hydrogen-bond acceptors (Lipinski definition) is 6. The van der Waals surface area contributed by atoms with Crippen LogP contribution in [0.4, 0.5) is 0 Å². The number of carbonyl (C=O) groups excluding carboxylic acids is 2. The van der Waals surface area contributed by atoms with Crippen molar-refractivity contribution in [2.24, 2.45) is 17.8 Å². The molecule has 0 aromatic rings. The molecular weight excluding hydrogens is 389 g/mol. The molecule has 3 fully saturated rings. The smallest absolute Gasteiger partial charge is 0.325 e. The molecule has 0 aromatic carbocycles. The number of rotatable bonds is 8. The van der Waals surface area contributed by atoms with E-state index in [4.69, 9.17) is 9.47 Å². The Kier molecular flexibility index (Phi) is 5.78. The van der Waals surface area contributed by atoms with Gasteiger partial charge in [0.25, 0.3) is 0 Å². The van der Waals surface area contributed by atoms with Crippen molar-refractivity contribution in [3.63, 3.8) is 0 Å². The average Bonchev–Trinajstić information content (AvgIpc) is 3.14. The lowest BCUT2D eigenvalue weighted by molar-refractivity contribution is -0.150. The topological polar surface area (TPSA) is 134 Å². The molecule has 3 aliphatic heterocycles. The van der Waals surface area contributed by atoms with Gasteiger partial charge in [-0.25, -0.2) is 0 Å². The van der Waals surface area contributed by atoms with Crippen molar-refractivity contribution >= 4 is 19.5 Å². The standard InChI is InChI=1S/C18H28NO8P/c1-10(2)8-13(20)26-6-5-19-16(21)14-12-9-11(3)18(27-12,15(14)17(19)22)4-7-28(23,24)25/h11-12,14-15,17,22H,1,4-9H2,2-3H3,(H2,23,24,25). The fraction of sp³-hybridized carbons (Fsp3) is 0.778. The van der Waals surface area contributed by atoms with Gasteiger partial charge >= 0.3 is 13.6 Å². The molecular formula is C18H28NO8P. The highest BCUT2D eigenvalue weighted by molar-refractivity contribution is 7.51. The molecule has 3 saturated heterocycles. The van der Waals surface area contributed by atoms with Crippen LogP contribution in [0.5, 0.6) is 0 Å². The Balaban J connectivity index is 1.69. The lowest BCUT2D eigenvalue weighted by atomic mass is 9.66. The van der Waals surface area contributed by atoms with E-state index in [1.165, 1.54) is 4.90 Å². The minimum absolute atomic E-state index is 0.0268. The van der Waals surface area contributed by atoms with Crippen molar-refractivity contribution in [1.82, 2.24) is 4.90 Å². The predicted octanol–water partition coefficient (Wildman–Crippen LogP) is 0.634. The first-order valence-corrected chi connectivity index (χ1v) is 11.3. The first-order chi connectivity index (χ1) is 13.0. The minimum Gasteiger partial charge on any atom is -0.464 e. The summed E-state index contributed by atoms with van der Waals surface area (Å²) in [4.78, 5) is 44.4. The average molecular weight is 417 g/mol. The van der Waals surface area contributed by atoms with Crippen molar-refractivity contribution in [1.29, 1.82) is 0 Å². The van der Waals surface area contributed by atoms with E-state index in [-0.39, 0.29) is 50.1 Å². The van der Waals surface area contributed by atoms with Crippen LogP contribution < -0.4 is 0 Å². The SMILES string of the molecule is C=C(C)CC(=O)OCCN1C(=O)C2C3CC(C)C(CCP(=O)(O)O)(O3)C2C1O. The zero-order valence-electron chi connectivity index (χ0n) is 16.1. The quantitative estimate of drug-likeness (QED) is 0.298. The van der Waals surface area contributed by atoms with Crippen LogP contribution in [0.1, 0.15) is 33.1 Å². The Morgan fingerprint density at radius 3 is 2.75 bits per heavy atom. The predicted molar refractivity (Wildman–Crippen MR) is 98.0 cm³/mol. The fourth-order valence-electron chi connectivity index (χ4n) is 5.01. The number of esters is 1. The van der Waals surface area contributed by atoms with Gasteiger partial charge in [0.15, 0.2) is 0 Å². The molecule has 0 spiro atoms. The van der Waals surface area contributed by atoms with Crippen molar-refractivity contribution in [3.05, 3.63) is 12.2 Å². The van der Waals surface area contributed by atoms with Crippen LogP contribution in [0.2, 0.25) is 0 Å². The summed E-state index contributed by atoms with van der Waals surface area (Å²) < 4.78 is 22.6. The van der Waals surface area contributed by atoms with Gasteiger partial charge in [-0.3, -0.25) is 14.2 Å². The largest absolute Gasteiger partial charge is 0.464 e. The summed E-state index contributed by atoms with van der Waals surface area (Å²) in [6.45, 7) is 7.30. The van der Waals surface area contributed by atoms with Gasteiger partial charge in [0.05, 0.1) is 36.8 Å². The molecule has 28 heavy (non-hydrogen) atoms. The zero-order chi connectivity index (χ0) is 20.9. The maximum atomic E-state index is 12.9. The Bertz CT molecular complexity index is 720. The molecule has 1 amide bonds. The molecule has 0 aliphatic carbocycles. The second-order valence-corrected chi connectivity index (χ2v) is 10.0. The van der Waals surface area contributed by atoms with Crippen LogP contribution in [0.15, 0.2) is 12.2 Å². The summed E-state index contributed by atoms with van der Waals surface area (Å²) in [6.07, 6.45) is -1.06. The number of likely N-dealkylation sites (tertiary alicyclic amines) is 1. The molecule has 6 atom stereocenters. The number of carbonyl (C=O) groups is 2. The van der Waals surface area contributed by atoms with Gasteiger partial charge in [0.1, 0.15) is 12.8 Å². The van der Waals surface area contributed by atoms with Crippen LogP contribution in [0.3, 0.4) is 0 Å². The molecule has 2 bridgehead atoms. The first-order valence-electron chi connectivity index (χ1n) is 9.47. The van der Waals surface area contributed by atoms with E-state index in [2.05, 4.69) is 6.58 Å². The summed E-state index contributed by atoms with van der Waals surface area (Å²) in [5.41, 5.74) is -0.261. The molecule has 0 aromatic heterocycles. The summed E-state index contributed by atoms with van der Waals surface area (Å²) in [5.74, 6) is -1.81. The normalized spacial score (nSPS) is 36.7. The highest BCUT2D eigenvalue weighted by Crippen LogP contribution is 2.61. The maximum absolute atomic E-state index is 12.9. The third-order valence-corrected chi connectivity index (χ3v) is 6.99. The van der Waals surface area contributed by atoms with E-state index in [0.717, 1.165) is 0 Å². The van der Waals surface area contributed by atoms with Crippen molar-refractivity contribution in [2.75, 3.05) is 19.3 Å². The summed E-state index contributed by atoms with van der Waals surface area (Å²) in [6, 6.07) is 0. The van der Waals surface area contributed by atoms with Gasteiger partial charge in [-0.15, -0.1) is 0 Å². The number of hydrogen-bond donors (Lipinski definition) is 3. The van der Waals surface area contributed by atoms with Gasteiger partial charge in [-0.1, -0.05) is 19.1 Å². The highest BCUT2D eigenvalue weighted by Gasteiger charge is 2.71. The molecule has 6 unspecified atom stereocenters. The van der Waals surface area contributed by atoms with Crippen molar-refractivity contribution in [2.45, 2.75) is 51.0 Å². The molecule has 3 rings (SSSR count). The second kappa shape index (κ2) is 7.54. The Labute approximate surface area is 163 Å². The maximum Gasteiger partial charge on any atom is 0.325 e. The minimum atomic E-state index is -4.23. The van der Waals surface area contributed by atoms with E-state index in [1.54, 1.807) is 6.92 Å². The van der Waals surface area contributed by atoms with E-state index >= 15 is 0 Å². The van der Waals surface area contributed by atoms with Gasteiger partial charge in [0.2, 0.25) is 5.91 Å². The molecule has 158 valence electrons. The van der Waals surface area contributed by atoms with Crippen LogP contribution >= 0.6 is 7.60 Å². The highest BCUT2D eigenvalue weighted by atomic mass is 31.2. The second-order valence-electron chi connectivity index (χ2n) is 8.24.